The fourth-order valence-electron chi connectivity index (χ4n) is 2.46. The molecule has 2 rings (SSSR count). The molecule has 0 aromatic heterocycles. The van der Waals surface area contributed by atoms with E-state index in [0.717, 1.165) is 21.8 Å². The molecule has 1 amide bonds. The van der Waals surface area contributed by atoms with Crippen molar-refractivity contribution in [2.75, 3.05) is 13.5 Å². The summed E-state index contributed by atoms with van der Waals surface area (Å²) in [7, 11) is 0. The van der Waals surface area contributed by atoms with Gasteiger partial charge in [0, 0.05) is 24.1 Å². The maximum absolute atomic E-state index is 12.5. The minimum atomic E-state index is -2.60. The van der Waals surface area contributed by atoms with Gasteiger partial charge in [0.25, 0.3) is 0 Å². The van der Waals surface area contributed by atoms with Crippen LogP contribution < -0.4 is 4.74 Å². The quantitative estimate of drug-likeness (QED) is 0.696. The molecule has 0 aliphatic heterocycles. The highest BCUT2D eigenvalue weighted by molar-refractivity contribution is 5.67. The van der Waals surface area contributed by atoms with Gasteiger partial charge in [-0.15, -0.1) is 0 Å². The number of carbonyl (C=O) groups is 1. The lowest BCUT2D eigenvalue weighted by atomic mass is 10.1. The molecule has 2 aromatic rings. The first-order valence-electron chi connectivity index (χ1n) is 10.3. The van der Waals surface area contributed by atoms with Crippen LogP contribution in [0.4, 0.5) is 4.79 Å². The number of hydrogen-bond donors (Lipinski definition) is 0. The predicted molar refractivity (Wildman–Crippen MR) is 104 cm³/mol. The summed E-state index contributed by atoms with van der Waals surface area (Å²) in [5.74, 6) is 0.721. The number of aryl methyl sites for hydroxylation is 1. The van der Waals surface area contributed by atoms with Gasteiger partial charge in [0.15, 0.2) is 0 Å². The van der Waals surface area contributed by atoms with Crippen LogP contribution in [0.25, 0.3) is 0 Å². The second-order valence-electron chi connectivity index (χ2n) is 7.20. The second kappa shape index (κ2) is 8.75. The van der Waals surface area contributed by atoms with E-state index in [2.05, 4.69) is 0 Å². The molecule has 0 fully saturated rings. The van der Waals surface area contributed by atoms with Crippen molar-refractivity contribution in [2.24, 2.45) is 0 Å². The van der Waals surface area contributed by atoms with Crippen molar-refractivity contribution in [3.63, 3.8) is 0 Å². The molecule has 4 heteroatoms. The molecule has 0 bridgehead atoms. The first kappa shape index (κ1) is 15.7. The van der Waals surface area contributed by atoms with Crippen LogP contribution in [0.3, 0.4) is 0 Å². The number of benzene rings is 2. The minimum absolute atomic E-state index is 0.0309. The predicted octanol–water partition coefficient (Wildman–Crippen LogP) is 5.37. The van der Waals surface area contributed by atoms with E-state index in [1.54, 1.807) is 20.8 Å². The van der Waals surface area contributed by atoms with Crippen LogP contribution in [0.5, 0.6) is 5.75 Å². The van der Waals surface area contributed by atoms with Gasteiger partial charge in [0.2, 0.25) is 0 Å². The molecule has 0 aliphatic rings. The lowest BCUT2D eigenvalue weighted by Gasteiger charge is -2.26. The van der Waals surface area contributed by atoms with Gasteiger partial charge in [-0.1, -0.05) is 48.5 Å². The third-order valence-electron chi connectivity index (χ3n) is 3.76. The van der Waals surface area contributed by atoms with E-state index in [0.29, 0.717) is 6.42 Å². The van der Waals surface area contributed by atoms with E-state index < -0.39 is 24.8 Å². The second-order valence-corrected chi connectivity index (χ2v) is 7.20. The van der Waals surface area contributed by atoms with Gasteiger partial charge in [-0.25, -0.2) is 4.79 Å². The highest BCUT2D eigenvalue weighted by atomic mass is 16.6. The zero-order valence-electron chi connectivity index (χ0n) is 18.9. The van der Waals surface area contributed by atoms with Gasteiger partial charge >= 0.3 is 6.09 Å². The molecule has 1 atom stereocenters. The number of amides is 1. The summed E-state index contributed by atoms with van der Waals surface area (Å²) < 4.78 is 34.7. The number of ether oxygens (including phenoxy) is 2. The summed E-state index contributed by atoms with van der Waals surface area (Å²) in [6.45, 7) is 4.43. The Balaban J connectivity index is 2.22. The Morgan fingerprint density at radius 1 is 1.12 bits per heavy atom. The molecule has 0 unspecified atom stereocenters. The summed E-state index contributed by atoms with van der Waals surface area (Å²) in [6.07, 6.45) is -0.972. The fourth-order valence-corrected chi connectivity index (χ4v) is 2.46. The average molecular weight is 358 g/mol. The molecular formula is C22H29NO3. The summed E-state index contributed by atoms with van der Waals surface area (Å²) in [6, 6.07) is 17.2. The lowest BCUT2D eigenvalue weighted by Crippen LogP contribution is -2.35. The normalized spacial score (nSPS) is 14.5. The van der Waals surface area contributed by atoms with Crippen molar-refractivity contribution >= 4 is 6.09 Å². The maximum Gasteiger partial charge on any atom is 0.410 e. The van der Waals surface area contributed by atoms with E-state index >= 15 is 0 Å². The average Bonchev–Trinajstić information content (AvgIpc) is 2.60. The number of para-hydroxylation sites is 1. The Kier molecular flexibility index (Phi) is 5.29. The van der Waals surface area contributed by atoms with Crippen LogP contribution in [0.2, 0.25) is 0 Å². The van der Waals surface area contributed by atoms with Crippen LogP contribution >= 0.6 is 0 Å². The largest absolute Gasteiger partial charge is 0.485 e. The number of carbonyl (C=O) groups excluding carboxylic acids is 1. The standard InChI is InChI=1S/C22H29NO3/c1-17-11-9-10-14-19(17)25-20(18-12-7-6-8-13-18)15-16-23(5)21(24)26-22(2,3)4/h6-14,20H,15-16H2,1-5H3/t20-/m1/s1/i5D3. The monoisotopic (exact) mass is 358 g/mol. The van der Waals surface area contributed by atoms with Crippen molar-refractivity contribution in [3.8, 4) is 5.75 Å². The Morgan fingerprint density at radius 2 is 1.77 bits per heavy atom. The van der Waals surface area contributed by atoms with Gasteiger partial charge in [-0.3, -0.25) is 0 Å². The molecule has 2 aromatic carbocycles. The van der Waals surface area contributed by atoms with Gasteiger partial charge < -0.3 is 14.4 Å². The summed E-state index contributed by atoms with van der Waals surface area (Å²) in [5, 5.41) is 0. The van der Waals surface area contributed by atoms with Gasteiger partial charge in [0.05, 0.1) is 0 Å². The van der Waals surface area contributed by atoms with Crippen LogP contribution in [0.15, 0.2) is 54.6 Å². The third kappa shape index (κ3) is 6.10. The SMILES string of the molecule is [2H]C([2H])([2H])N(CC[C@@H](Oc1ccccc1C)c1ccccc1)C(=O)OC(C)(C)C. The first-order valence-corrected chi connectivity index (χ1v) is 8.75. The van der Waals surface area contributed by atoms with Crippen molar-refractivity contribution in [1.29, 1.82) is 0 Å². The molecule has 0 N–H and O–H groups in total. The smallest absolute Gasteiger partial charge is 0.410 e. The Bertz CT molecular complexity index is 801. The van der Waals surface area contributed by atoms with Crippen molar-refractivity contribution in [1.82, 2.24) is 4.90 Å². The zero-order valence-corrected chi connectivity index (χ0v) is 15.9. The molecule has 140 valence electrons. The van der Waals surface area contributed by atoms with E-state index in [-0.39, 0.29) is 6.54 Å². The molecule has 0 saturated carbocycles. The first-order chi connectivity index (χ1) is 13.5. The van der Waals surface area contributed by atoms with Crippen LogP contribution in [0.1, 0.15) is 48.5 Å². The van der Waals surface area contributed by atoms with E-state index in [1.807, 2.05) is 61.5 Å². The van der Waals surface area contributed by atoms with Gasteiger partial charge in [0.1, 0.15) is 17.5 Å². The van der Waals surface area contributed by atoms with E-state index in [1.165, 1.54) is 0 Å². The molecule has 0 radical (unpaired) electrons. The Labute approximate surface area is 161 Å². The van der Waals surface area contributed by atoms with Crippen molar-refractivity contribution in [3.05, 3.63) is 65.7 Å². The fraction of sp³-hybridized carbons (Fsp3) is 0.409. The number of hydrogen-bond acceptors (Lipinski definition) is 3. The summed E-state index contributed by atoms with van der Waals surface area (Å²) >= 11 is 0. The lowest BCUT2D eigenvalue weighted by molar-refractivity contribution is 0.0278. The maximum atomic E-state index is 12.5. The highest BCUT2D eigenvalue weighted by Gasteiger charge is 2.21. The van der Waals surface area contributed by atoms with Crippen LogP contribution in [-0.2, 0) is 4.74 Å². The molecule has 0 saturated heterocycles. The molecule has 0 aliphatic carbocycles. The topological polar surface area (TPSA) is 38.8 Å². The van der Waals surface area contributed by atoms with E-state index in [9.17, 15) is 4.79 Å². The van der Waals surface area contributed by atoms with Crippen molar-refractivity contribution in [2.45, 2.75) is 45.8 Å². The van der Waals surface area contributed by atoms with Gasteiger partial charge in [-0.2, -0.15) is 0 Å². The zero-order chi connectivity index (χ0) is 21.7. The molecule has 4 nitrogen and oxygen atoms in total. The van der Waals surface area contributed by atoms with Gasteiger partial charge in [-0.05, 0) is 44.9 Å². The molecule has 26 heavy (non-hydrogen) atoms. The highest BCUT2D eigenvalue weighted by Crippen LogP contribution is 2.27. The molecule has 0 spiro atoms. The Morgan fingerprint density at radius 3 is 2.38 bits per heavy atom. The summed E-state index contributed by atoms with van der Waals surface area (Å²) in [4.78, 5) is 13.3. The Hall–Kier alpha value is -2.49. The van der Waals surface area contributed by atoms with Crippen molar-refractivity contribution < 1.29 is 18.4 Å². The molecule has 0 heterocycles. The third-order valence-corrected chi connectivity index (χ3v) is 3.76. The van der Waals surface area contributed by atoms with E-state index in [4.69, 9.17) is 13.6 Å². The number of nitrogens with zero attached hydrogens (tertiary/aromatic N) is 1. The minimum Gasteiger partial charge on any atom is -0.485 e. The van der Waals surface area contributed by atoms with Crippen LogP contribution in [-0.4, -0.2) is 30.1 Å². The van der Waals surface area contributed by atoms with Crippen LogP contribution in [0, 0.1) is 6.92 Å². The molecular weight excluding hydrogens is 326 g/mol. The summed E-state index contributed by atoms with van der Waals surface area (Å²) in [5.41, 5.74) is 1.11. The number of rotatable bonds is 6.